The third kappa shape index (κ3) is 4.59. The second kappa shape index (κ2) is 9.37. The molecule has 8 heteroatoms. The number of hydrogen-bond donors (Lipinski definition) is 1. The first-order chi connectivity index (χ1) is 14.3. The molecule has 0 unspecified atom stereocenters. The van der Waals surface area contributed by atoms with E-state index in [9.17, 15) is 4.79 Å². The van der Waals surface area contributed by atoms with E-state index >= 15 is 0 Å². The van der Waals surface area contributed by atoms with Gasteiger partial charge in [-0.05, 0) is 31.9 Å². The Morgan fingerprint density at radius 1 is 1.34 bits per heavy atom. The lowest BCUT2D eigenvalue weighted by Crippen LogP contribution is -2.40. The van der Waals surface area contributed by atoms with Crippen LogP contribution in [0.3, 0.4) is 0 Å². The summed E-state index contributed by atoms with van der Waals surface area (Å²) >= 11 is 0. The minimum absolute atomic E-state index is 0.0620. The Morgan fingerprint density at radius 2 is 2.21 bits per heavy atom. The summed E-state index contributed by atoms with van der Waals surface area (Å²) in [6, 6.07) is 3.60. The minimum Gasteiger partial charge on any atom is -0.491 e. The number of morpholine rings is 1. The summed E-state index contributed by atoms with van der Waals surface area (Å²) in [6.45, 7) is 8.15. The van der Waals surface area contributed by atoms with Crippen molar-refractivity contribution in [3.63, 3.8) is 0 Å². The number of hydrogen-bond acceptors (Lipinski definition) is 6. The highest BCUT2D eigenvalue weighted by atomic mass is 16.5. The van der Waals surface area contributed by atoms with Crippen molar-refractivity contribution >= 4 is 5.91 Å². The Labute approximate surface area is 171 Å². The van der Waals surface area contributed by atoms with Gasteiger partial charge >= 0.3 is 0 Å². The summed E-state index contributed by atoms with van der Waals surface area (Å²) in [6.07, 6.45) is 5.58. The summed E-state index contributed by atoms with van der Waals surface area (Å²) in [5, 5.41) is 7.52. The van der Waals surface area contributed by atoms with Gasteiger partial charge in [-0.3, -0.25) is 14.8 Å². The van der Waals surface area contributed by atoms with Crippen LogP contribution in [0.15, 0.2) is 24.5 Å². The number of carbonyl (C=O) groups is 1. The molecule has 29 heavy (non-hydrogen) atoms. The van der Waals surface area contributed by atoms with E-state index in [-0.39, 0.29) is 11.8 Å². The van der Waals surface area contributed by atoms with Crippen molar-refractivity contribution in [2.24, 2.45) is 0 Å². The summed E-state index contributed by atoms with van der Waals surface area (Å²) in [4.78, 5) is 21.7. The van der Waals surface area contributed by atoms with Crippen LogP contribution in [0.1, 0.15) is 47.4 Å². The minimum atomic E-state index is -0.0620. The van der Waals surface area contributed by atoms with Gasteiger partial charge in [-0.1, -0.05) is 0 Å². The Kier molecular flexibility index (Phi) is 6.41. The standard InChI is InChI=1S/C21H29N5O3/c1-2-29-18-6-3-7-22-20(18)21(27)26-8-4-5-16(15-26)19-17(13-23-24-19)14-25-9-11-28-12-10-25/h3,6-7,13,16H,2,4-5,8-12,14-15H2,1H3,(H,23,24)/t16-/m0/s1. The highest BCUT2D eigenvalue weighted by Crippen LogP contribution is 2.30. The van der Waals surface area contributed by atoms with E-state index in [0.717, 1.165) is 57.9 Å². The smallest absolute Gasteiger partial charge is 0.276 e. The topological polar surface area (TPSA) is 83.6 Å². The van der Waals surface area contributed by atoms with E-state index in [1.807, 2.05) is 18.0 Å². The molecule has 0 saturated carbocycles. The molecule has 0 bridgehead atoms. The number of likely N-dealkylation sites (tertiary alicyclic amines) is 1. The summed E-state index contributed by atoms with van der Waals surface area (Å²) in [5.74, 6) is 0.746. The molecule has 2 aromatic rings. The number of aromatic nitrogens is 3. The SMILES string of the molecule is CCOc1cccnc1C(=O)N1CCC[C@H](c2[nH]ncc2CN2CCOCC2)C1. The molecule has 0 radical (unpaired) electrons. The Balaban J connectivity index is 1.46. The first kappa shape index (κ1) is 19.8. The quantitative estimate of drug-likeness (QED) is 0.801. The molecule has 1 atom stereocenters. The average molecular weight is 399 g/mol. The molecule has 0 aliphatic carbocycles. The van der Waals surface area contributed by atoms with E-state index in [1.165, 1.54) is 5.56 Å². The molecule has 2 fully saturated rings. The third-order valence-corrected chi connectivity index (χ3v) is 5.64. The molecule has 2 aliphatic heterocycles. The van der Waals surface area contributed by atoms with Gasteiger partial charge < -0.3 is 14.4 Å². The lowest BCUT2D eigenvalue weighted by molar-refractivity contribution is 0.0339. The molecule has 2 aromatic heterocycles. The monoisotopic (exact) mass is 399 g/mol. The van der Waals surface area contributed by atoms with E-state index in [4.69, 9.17) is 9.47 Å². The number of nitrogens with zero attached hydrogens (tertiary/aromatic N) is 4. The predicted molar refractivity (Wildman–Crippen MR) is 108 cm³/mol. The van der Waals surface area contributed by atoms with Crippen LogP contribution >= 0.6 is 0 Å². The zero-order valence-electron chi connectivity index (χ0n) is 17.0. The van der Waals surface area contributed by atoms with Gasteiger partial charge in [0, 0.05) is 56.1 Å². The summed E-state index contributed by atoms with van der Waals surface area (Å²) in [5.41, 5.74) is 2.77. The molecule has 2 aliphatic rings. The van der Waals surface area contributed by atoms with E-state index in [1.54, 1.807) is 18.3 Å². The Hall–Kier alpha value is -2.45. The van der Waals surface area contributed by atoms with Crippen LogP contribution in [0.5, 0.6) is 5.75 Å². The molecule has 0 aromatic carbocycles. The molecule has 1 amide bonds. The molecule has 1 N–H and O–H groups in total. The fourth-order valence-corrected chi connectivity index (χ4v) is 4.17. The number of ether oxygens (including phenoxy) is 2. The van der Waals surface area contributed by atoms with Crippen molar-refractivity contribution < 1.29 is 14.3 Å². The number of aromatic amines is 1. The van der Waals surface area contributed by atoms with Crippen molar-refractivity contribution in [2.75, 3.05) is 46.0 Å². The van der Waals surface area contributed by atoms with Crippen LogP contribution in [0.2, 0.25) is 0 Å². The van der Waals surface area contributed by atoms with Crippen molar-refractivity contribution in [3.8, 4) is 5.75 Å². The van der Waals surface area contributed by atoms with Crippen LogP contribution < -0.4 is 4.74 Å². The van der Waals surface area contributed by atoms with Gasteiger partial charge in [0.15, 0.2) is 11.4 Å². The first-order valence-electron chi connectivity index (χ1n) is 10.5. The molecule has 4 heterocycles. The zero-order valence-corrected chi connectivity index (χ0v) is 17.0. The molecular formula is C21H29N5O3. The second-order valence-corrected chi connectivity index (χ2v) is 7.57. The number of amides is 1. The number of piperidine rings is 1. The number of nitrogens with one attached hydrogen (secondary N) is 1. The van der Waals surface area contributed by atoms with Crippen molar-refractivity contribution in [1.29, 1.82) is 0 Å². The van der Waals surface area contributed by atoms with Crippen molar-refractivity contribution in [1.82, 2.24) is 25.0 Å². The predicted octanol–water partition coefficient (Wildman–Crippen LogP) is 2.06. The van der Waals surface area contributed by atoms with Crippen LogP contribution in [0.25, 0.3) is 0 Å². The van der Waals surface area contributed by atoms with Gasteiger partial charge in [0.05, 0.1) is 26.0 Å². The number of rotatable bonds is 6. The van der Waals surface area contributed by atoms with Crippen LogP contribution in [0.4, 0.5) is 0 Å². The van der Waals surface area contributed by atoms with E-state index in [2.05, 4.69) is 20.1 Å². The summed E-state index contributed by atoms with van der Waals surface area (Å²) < 4.78 is 11.1. The van der Waals surface area contributed by atoms with E-state index in [0.29, 0.717) is 24.6 Å². The molecular weight excluding hydrogens is 370 g/mol. The normalized spacial score (nSPS) is 20.6. The average Bonchev–Trinajstić information content (AvgIpc) is 3.23. The Morgan fingerprint density at radius 3 is 3.03 bits per heavy atom. The first-order valence-corrected chi connectivity index (χ1v) is 10.5. The highest BCUT2D eigenvalue weighted by molar-refractivity contribution is 5.95. The lowest BCUT2D eigenvalue weighted by atomic mass is 9.92. The number of H-pyrrole nitrogens is 1. The Bertz CT molecular complexity index is 818. The maximum absolute atomic E-state index is 13.1. The molecule has 2 saturated heterocycles. The van der Waals surface area contributed by atoms with Crippen molar-refractivity contribution in [3.05, 3.63) is 41.5 Å². The van der Waals surface area contributed by atoms with Gasteiger partial charge in [-0.2, -0.15) is 5.10 Å². The van der Waals surface area contributed by atoms with Crippen molar-refractivity contribution in [2.45, 2.75) is 32.2 Å². The largest absolute Gasteiger partial charge is 0.491 e. The third-order valence-electron chi connectivity index (χ3n) is 5.64. The van der Waals surface area contributed by atoms with Gasteiger partial charge in [0.2, 0.25) is 0 Å². The van der Waals surface area contributed by atoms with Crippen LogP contribution in [0, 0.1) is 0 Å². The molecule has 4 rings (SSSR count). The molecule has 156 valence electrons. The number of pyridine rings is 1. The zero-order chi connectivity index (χ0) is 20.1. The van der Waals surface area contributed by atoms with Crippen LogP contribution in [-0.2, 0) is 11.3 Å². The van der Waals surface area contributed by atoms with Gasteiger partial charge in [0.1, 0.15) is 0 Å². The van der Waals surface area contributed by atoms with E-state index < -0.39 is 0 Å². The fraction of sp³-hybridized carbons (Fsp3) is 0.571. The molecule has 8 nitrogen and oxygen atoms in total. The number of carbonyl (C=O) groups excluding carboxylic acids is 1. The molecule has 0 spiro atoms. The summed E-state index contributed by atoms with van der Waals surface area (Å²) in [7, 11) is 0. The highest BCUT2D eigenvalue weighted by Gasteiger charge is 2.30. The second-order valence-electron chi connectivity index (χ2n) is 7.57. The van der Waals surface area contributed by atoms with Gasteiger partial charge in [0.25, 0.3) is 5.91 Å². The maximum atomic E-state index is 13.1. The maximum Gasteiger partial charge on any atom is 0.276 e. The fourth-order valence-electron chi connectivity index (χ4n) is 4.17. The van der Waals surface area contributed by atoms with Gasteiger partial charge in [-0.15, -0.1) is 0 Å². The van der Waals surface area contributed by atoms with Crippen LogP contribution in [-0.4, -0.2) is 76.9 Å². The van der Waals surface area contributed by atoms with Gasteiger partial charge in [-0.25, -0.2) is 4.98 Å². The lowest BCUT2D eigenvalue weighted by Gasteiger charge is -2.33.